The van der Waals surface area contributed by atoms with Gasteiger partial charge in [0.05, 0.1) is 0 Å². The van der Waals surface area contributed by atoms with Gasteiger partial charge in [-0.05, 0) is 30.7 Å². The number of halogens is 2. The van der Waals surface area contributed by atoms with Crippen LogP contribution in [0.3, 0.4) is 0 Å². The van der Waals surface area contributed by atoms with Gasteiger partial charge in [0, 0.05) is 18.5 Å². The van der Waals surface area contributed by atoms with Gasteiger partial charge >= 0.3 is 0 Å². The molecule has 11 heteroatoms. The zero-order valence-electron chi connectivity index (χ0n) is 17.0. The third-order valence-corrected chi connectivity index (χ3v) is 6.13. The third kappa shape index (κ3) is 4.71. The molecule has 0 fully saturated rings. The molecule has 0 bridgehead atoms. The number of hydrogen-bond donors (Lipinski definition) is 3. The van der Waals surface area contributed by atoms with Crippen molar-refractivity contribution in [3.63, 3.8) is 0 Å². The fraction of sp³-hybridized carbons (Fsp3) is 0.238. The molecule has 2 aromatic carbocycles. The Bertz CT molecular complexity index is 1100. The minimum absolute atomic E-state index is 0.0820. The van der Waals surface area contributed by atoms with Crippen molar-refractivity contribution in [3.05, 3.63) is 71.3 Å². The lowest BCUT2D eigenvalue weighted by Gasteiger charge is -2.36. The van der Waals surface area contributed by atoms with Crippen LogP contribution in [0.2, 0.25) is 0 Å². The summed E-state index contributed by atoms with van der Waals surface area (Å²) < 4.78 is 28.4. The van der Waals surface area contributed by atoms with Crippen LogP contribution < -0.4 is 11.1 Å². The van der Waals surface area contributed by atoms with E-state index in [4.69, 9.17) is 11.0 Å². The number of nitrogens with zero attached hydrogens (tertiary/aromatic N) is 4. The highest BCUT2D eigenvalue weighted by Gasteiger charge is 2.49. The molecule has 0 radical (unpaired) electrons. The number of aliphatic imine (C=N–C) groups is 1. The molecule has 0 aliphatic carbocycles. The van der Waals surface area contributed by atoms with Crippen molar-refractivity contribution in [2.24, 2.45) is 15.8 Å². The van der Waals surface area contributed by atoms with Crippen molar-refractivity contribution in [1.29, 1.82) is 5.26 Å². The lowest BCUT2D eigenvalue weighted by Crippen LogP contribution is -2.47. The number of thioether (sulfide) groups is 1. The SMILES string of the molecule is C[C@H](O)C(=O)N1N=C(c2cc(F)ccc2F)SC1(CCN/C(N)=N\C#N)c1ccccc1. The molecule has 1 amide bonds. The van der Waals surface area contributed by atoms with E-state index < -0.39 is 28.5 Å². The zero-order chi connectivity index (χ0) is 23.3. The summed E-state index contributed by atoms with van der Waals surface area (Å²) in [6.07, 6.45) is 0.362. The van der Waals surface area contributed by atoms with Crippen LogP contribution in [0.5, 0.6) is 0 Å². The minimum atomic E-state index is -1.39. The molecule has 2 atom stereocenters. The highest BCUT2D eigenvalue weighted by molar-refractivity contribution is 8.15. The Morgan fingerprint density at radius 1 is 1.38 bits per heavy atom. The number of nitrogens with two attached hydrogens (primary N) is 1. The van der Waals surface area contributed by atoms with Gasteiger partial charge in [0.25, 0.3) is 5.91 Å². The quantitative estimate of drug-likeness (QED) is 0.346. The van der Waals surface area contributed by atoms with Crippen LogP contribution >= 0.6 is 11.8 Å². The number of hydrogen-bond acceptors (Lipinski definition) is 6. The van der Waals surface area contributed by atoms with Crippen LogP contribution in [-0.4, -0.2) is 39.7 Å². The van der Waals surface area contributed by atoms with E-state index in [-0.39, 0.29) is 29.5 Å². The number of aliphatic hydroxyl groups excluding tert-OH is 1. The predicted molar refractivity (Wildman–Crippen MR) is 117 cm³/mol. The van der Waals surface area contributed by atoms with Crippen LogP contribution in [-0.2, 0) is 9.67 Å². The van der Waals surface area contributed by atoms with E-state index in [9.17, 15) is 18.7 Å². The summed E-state index contributed by atoms with van der Waals surface area (Å²) in [5.41, 5.74) is 6.16. The molecule has 2 aromatic rings. The summed E-state index contributed by atoms with van der Waals surface area (Å²) >= 11 is 1.06. The number of guanidine groups is 1. The Labute approximate surface area is 187 Å². The predicted octanol–water partition coefficient (Wildman–Crippen LogP) is 2.21. The Kier molecular flexibility index (Phi) is 7.07. The van der Waals surface area contributed by atoms with Crippen molar-refractivity contribution in [2.75, 3.05) is 6.54 Å². The Morgan fingerprint density at radius 2 is 2.09 bits per heavy atom. The largest absolute Gasteiger partial charge is 0.383 e. The highest BCUT2D eigenvalue weighted by atomic mass is 32.2. The molecule has 1 heterocycles. The van der Waals surface area contributed by atoms with Gasteiger partial charge in [-0.3, -0.25) is 4.79 Å². The van der Waals surface area contributed by atoms with Crippen LogP contribution in [0.1, 0.15) is 24.5 Å². The molecule has 166 valence electrons. The summed E-state index contributed by atoms with van der Waals surface area (Å²) in [5, 5.41) is 26.9. The van der Waals surface area contributed by atoms with Gasteiger partial charge in [0.2, 0.25) is 12.2 Å². The number of aliphatic hydroxyl groups is 1. The molecule has 0 saturated carbocycles. The van der Waals surface area contributed by atoms with Gasteiger partial charge in [0.15, 0.2) is 0 Å². The van der Waals surface area contributed by atoms with E-state index in [2.05, 4.69) is 15.4 Å². The first-order valence-corrected chi connectivity index (χ1v) is 10.4. The number of benzene rings is 2. The second kappa shape index (κ2) is 9.76. The normalized spacial score (nSPS) is 19.3. The summed E-state index contributed by atoms with van der Waals surface area (Å²) in [6, 6.07) is 11.8. The Balaban J connectivity index is 2.09. The molecule has 0 spiro atoms. The molecule has 1 aliphatic rings. The highest BCUT2D eigenvalue weighted by Crippen LogP contribution is 2.50. The molecule has 3 rings (SSSR count). The monoisotopic (exact) mass is 458 g/mol. The van der Waals surface area contributed by atoms with Gasteiger partial charge in [-0.25, -0.2) is 13.8 Å². The first-order chi connectivity index (χ1) is 15.3. The van der Waals surface area contributed by atoms with Gasteiger partial charge < -0.3 is 16.2 Å². The Hall–Kier alpha value is -3.49. The van der Waals surface area contributed by atoms with Gasteiger partial charge in [0.1, 0.15) is 27.7 Å². The number of carbonyl (C=O) groups excluding carboxylic acids is 1. The topological polar surface area (TPSA) is 127 Å². The maximum absolute atomic E-state index is 14.5. The van der Waals surface area contributed by atoms with Crippen molar-refractivity contribution >= 4 is 28.7 Å². The molecule has 1 unspecified atom stereocenters. The van der Waals surface area contributed by atoms with Crippen LogP contribution in [0.15, 0.2) is 58.6 Å². The summed E-state index contributed by atoms with van der Waals surface area (Å²) in [5.74, 6) is -2.18. The molecule has 0 aromatic heterocycles. The van der Waals surface area contributed by atoms with E-state index in [1.165, 1.54) is 6.92 Å². The first-order valence-electron chi connectivity index (χ1n) is 9.55. The molecule has 32 heavy (non-hydrogen) atoms. The maximum atomic E-state index is 14.5. The zero-order valence-corrected chi connectivity index (χ0v) is 17.8. The Morgan fingerprint density at radius 3 is 2.75 bits per heavy atom. The fourth-order valence-electron chi connectivity index (χ4n) is 3.20. The molecular formula is C21H20F2N6O2S. The van der Waals surface area contributed by atoms with E-state index in [0.29, 0.717) is 5.56 Å². The van der Waals surface area contributed by atoms with Crippen molar-refractivity contribution in [1.82, 2.24) is 10.3 Å². The van der Waals surface area contributed by atoms with Crippen LogP contribution in [0.25, 0.3) is 0 Å². The van der Waals surface area contributed by atoms with Crippen molar-refractivity contribution in [2.45, 2.75) is 24.3 Å². The number of hydrazone groups is 1. The maximum Gasteiger partial charge on any atom is 0.272 e. The average Bonchev–Trinajstić information content (AvgIpc) is 3.16. The van der Waals surface area contributed by atoms with Gasteiger partial charge in [-0.2, -0.15) is 10.4 Å². The van der Waals surface area contributed by atoms with Crippen molar-refractivity contribution < 1.29 is 18.7 Å². The standard InChI is InChI=1S/C21H20F2N6O2S/c1-13(30)19(31)29-21(14-5-3-2-4-6-14,9-10-26-20(25)27-12-24)32-18(28-29)16-11-15(22)7-8-17(16)23/h2-8,11,13,30H,9-10H2,1H3,(H3,25,26,27)/t13-,21?/m0/s1. The van der Waals surface area contributed by atoms with E-state index in [1.54, 1.807) is 36.5 Å². The summed E-state index contributed by atoms with van der Waals surface area (Å²) in [6.45, 7) is 1.46. The second-order valence-corrected chi connectivity index (χ2v) is 8.15. The van der Waals surface area contributed by atoms with Gasteiger partial charge in [-0.15, -0.1) is 4.99 Å². The first kappa shape index (κ1) is 23.2. The lowest BCUT2D eigenvalue weighted by molar-refractivity contribution is -0.143. The number of rotatable bonds is 6. The molecule has 1 aliphatic heterocycles. The van der Waals surface area contributed by atoms with E-state index >= 15 is 0 Å². The molecule has 0 saturated heterocycles. The molecule has 4 N–H and O–H groups in total. The number of amides is 1. The number of nitriles is 1. The number of nitrogens with one attached hydrogen (secondary N) is 1. The summed E-state index contributed by atoms with van der Waals surface area (Å²) in [4.78, 5) is 15.1. The van der Waals surface area contributed by atoms with Crippen LogP contribution in [0.4, 0.5) is 8.78 Å². The third-order valence-electron chi connectivity index (χ3n) is 4.69. The van der Waals surface area contributed by atoms with Crippen LogP contribution in [0, 0.1) is 23.1 Å². The van der Waals surface area contributed by atoms with Gasteiger partial charge in [-0.1, -0.05) is 42.1 Å². The van der Waals surface area contributed by atoms with E-state index in [1.807, 2.05) is 0 Å². The molecular weight excluding hydrogens is 438 g/mol. The number of carbonyl (C=O) groups is 1. The smallest absolute Gasteiger partial charge is 0.272 e. The second-order valence-electron chi connectivity index (χ2n) is 6.88. The summed E-state index contributed by atoms with van der Waals surface area (Å²) in [7, 11) is 0. The average molecular weight is 458 g/mol. The van der Waals surface area contributed by atoms with Crippen molar-refractivity contribution in [3.8, 4) is 6.19 Å². The minimum Gasteiger partial charge on any atom is -0.383 e. The fourth-order valence-corrected chi connectivity index (χ4v) is 4.59. The molecule has 8 nitrogen and oxygen atoms in total. The lowest BCUT2D eigenvalue weighted by atomic mass is 10.0. The van der Waals surface area contributed by atoms with E-state index in [0.717, 1.165) is 35.0 Å².